The van der Waals surface area contributed by atoms with E-state index >= 15 is 0 Å². The lowest BCUT2D eigenvalue weighted by Gasteiger charge is -2.29. The fraction of sp³-hybridized carbons (Fsp3) is 0.571. The van der Waals surface area contributed by atoms with Gasteiger partial charge in [0.15, 0.2) is 0 Å². The van der Waals surface area contributed by atoms with Gasteiger partial charge in [0.05, 0.1) is 6.04 Å². The summed E-state index contributed by atoms with van der Waals surface area (Å²) in [5.41, 5.74) is 6.73. The van der Waals surface area contributed by atoms with Crippen LogP contribution in [-0.4, -0.2) is 35.4 Å². The largest absolute Gasteiger partial charge is 0.344 e. The van der Waals surface area contributed by atoms with Crippen molar-refractivity contribution >= 4 is 18.3 Å². The Hall–Kier alpha value is -1.13. The zero-order valence-electron chi connectivity index (χ0n) is 12.1. The third-order valence-electron chi connectivity index (χ3n) is 3.00. The Morgan fingerprint density at radius 2 is 2.05 bits per heavy atom. The van der Waals surface area contributed by atoms with Crippen LogP contribution in [-0.2, 0) is 11.2 Å². The highest BCUT2D eigenvalue weighted by molar-refractivity contribution is 5.85. The first-order valence-corrected chi connectivity index (χ1v) is 6.23. The van der Waals surface area contributed by atoms with E-state index in [2.05, 4.69) is 4.98 Å². The number of hydrogen-bond donors (Lipinski definition) is 1. The SMILES string of the molecule is CN(CCc1ccccn1)C(=O)[C@@H](N)C(C)(C)C.Cl. The molecule has 1 aromatic rings. The van der Waals surface area contributed by atoms with Crippen molar-refractivity contribution in [3.63, 3.8) is 0 Å². The molecule has 1 heterocycles. The van der Waals surface area contributed by atoms with Crippen LogP contribution in [0.1, 0.15) is 26.5 Å². The Kier molecular flexibility index (Phi) is 7.01. The molecule has 0 aliphatic carbocycles. The van der Waals surface area contributed by atoms with Crippen molar-refractivity contribution in [3.8, 4) is 0 Å². The first-order valence-electron chi connectivity index (χ1n) is 6.23. The first kappa shape index (κ1) is 17.9. The van der Waals surface area contributed by atoms with Crippen LogP contribution >= 0.6 is 12.4 Å². The molecule has 0 aliphatic heterocycles. The second-order valence-corrected chi connectivity index (χ2v) is 5.67. The molecule has 0 unspecified atom stereocenters. The number of carbonyl (C=O) groups excluding carboxylic acids is 1. The normalized spacial score (nSPS) is 12.5. The summed E-state index contributed by atoms with van der Waals surface area (Å²) in [5, 5.41) is 0. The Morgan fingerprint density at radius 3 is 2.53 bits per heavy atom. The number of likely N-dealkylation sites (N-methyl/N-ethyl adjacent to an activating group) is 1. The summed E-state index contributed by atoms with van der Waals surface area (Å²) in [6.07, 6.45) is 2.51. The molecular formula is C14H24ClN3O. The topological polar surface area (TPSA) is 59.2 Å². The molecule has 1 amide bonds. The minimum absolute atomic E-state index is 0. The molecule has 0 fully saturated rings. The minimum Gasteiger partial charge on any atom is -0.344 e. The van der Waals surface area contributed by atoms with Gasteiger partial charge in [0.25, 0.3) is 0 Å². The van der Waals surface area contributed by atoms with Gasteiger partial charge in [-0.15, -0.1) is 12.4 Å². The van der Waals surface area contributed by atoms with Crippen LogP contribution in [0.4, 0.5) is 0 Å². The van der Waals surface area contributed by atoms with Crippen molar-refractivity contribution in [2.75, 3.05) is 13.6 Å². The lowest BCUT2D eigenvalue weighted by Crippen LogP contribution is -2.49. The van der Waals surface area contributed by atoms with Gasteiger partial charge in [0.1, 0.15) is 0 Å². The van der Waals surface area contributed by atoms with E-state index in [0.717, 1.165) is 12.1 Å². The van der Waals surface area contributed by atoms with E-state index < -0.39 is 6.04 Å². The zero-order chi connectivity index (χ0) is 13.8. The molecule has 0 aromatic carbocycles. The monoisotopic (exact) mass is 285 g/mol. The van der Waals surface area contributed by atoms with Crippen molar-refractivity contribution in [2.45, 2.75) is 33.2 Å². The number of amides is 1. The third-order valence-corrected chi connectivity index (χ3v) is 3.00. The summed E-state index contributed by atoms with van der Waals surface area (Å²) in [6.45, 7) is 6.56. The maximum Gasteiger partial charge on any atom is 0.239 e. The third kappa shape index (κ3) is 5.57. The van der Waals surface area contributed by atoms with Gasteiger partial charge in [-0.2, -0.15) is 0 Å². The predicted octanol–water partition coefficient (Wildman–Crippen LogP) is 1.88. The van der Waals surface area contributed by atoms with Gasteiger partial charge < -0.3 is 10.6 Å². The Morgan fingerprint density at radius 1 is 1.42 bits per heavy atom. The number of pyridine rings is 1. The number of rotatable bonds is 4. The average molecular weight is 286 g/mol. The molecule has 0 saturated carbocycles. The van der Waals surface area contributed by atoms with E-state index in [1.54, 1.807) is 18.1 Å². The average Bonchev–Trinajstić information content (AvgIpc) is 2.34. The van der Waals surface area contributed by atoms with Crippen LogP contribution in [0.5, 0.6) is 0 Å². The maximum absolute atomic E-state index is 12.1. The van der Waals surface area contributed by atoms with E-state index in [0.29, 0.717) is 6.54 Å². The summed E-state index contributed by atoms with van der Waals surface area (Å²) in [4.78, 5) is 18.0. The summed E-state index contributed by atoms with van der Waals surface area (Å²) in [6, 6.07) is 5.33. The zero-order valence-corrected chi connectivity index (χ0v) is 12.9. The van der Waals surface area contributed by atoms with Gasteiger partial charge in [0, 0.05) is 31.9 Å². The molecule has 2 N–H and O–H groups in total. The van der Waals surface area contributed by atoms with Crippen LogP contribution in [0.15, 0.2) is 24.4 Å². The van der Waals surface area contributed by atoms with Crippen molar-refractivity contribution in [1.82, 2.24) is 9.88 Å². The second-order valence-electron chi connectivity index (χ2n) is 5.67. The highest BCUT2D eigenvalue weighted by Crippen LogP contribution is 2.18. The van der Waals surface area contributed by atoms with E-state index in [9.17, 15) is 4.79 Å². The van der Waals surface area contributed by atoms with Crippen LogP contribution < -0.4 is 5.73 Å². The highest BCUT2D eigenvalue weighted by atomic mass is 35.5. The van der Waals surface area contributed by atoms with Crippen molar-refractivity contribution in [2.24, 2.45) is 11.1 Å². The van der Waals surface area contributed by atoms with Gasteiger partial charge in [-0.25, -0.2) is 0 Å². The first-order chi connectivity index (χ1) is 8.32. The molecule has 108 valence electrons. The molecule has 0 bridgehead atoms. The molecule has 0 spiro atoms. The molecule has 1 atom stereocenters. The number of carbonyl (C=O) groups is 1. The quantitative estimate of drug-likeness (QED) is 0.919. The molecule has 4 nitrogen and oxygen atoms in total. The lowest BCUT2D eigenvalue weighted by molar-refractivity contribution is -0.133. The number of nitrogens with two attached hydrogens (primary N) is 1. The second kappa shape index (κ2) is 7.46. The van der Waals surface area contributed by atoms with E-state index in [1.807, 2.05) is 39.0 Å². The minimum atomic E-state index is -0.466. The number of hydrogen-bond acceptors (Lipinski definition) is 3. The lowest BCUT2D eigenvalue weighted by atomic mass is 9.86. The van der Waals surface area contributed by atoms with Crippen LogP contribution in [0.3, 0.4) is 0 Å². The predicted molar refractivity (Wildman–Crippen MR) is 80.3 cm³/mol. The van der Waals surface area contributed by atoms with Crippen LogP contribution in [0, 0.1) is 5.41 Å². The summed E-state index contributed by atoms with van der Waals surface area (Å²) < 4.78 is 0. The van der Waals surface area contributed by atoms with Gasteiger partial charge >= 0.3 is 0 Å². The van der Waals surface area contributed by atoms with Gasteiger partial charge in [0.2, 0.25) is 5.91 Å². The van der Waals surface area contributed by atoms with Crippen LogP contribution in [0.25, 0.3) is 0 Å². The maximum atomic E-state index is 12.1. The molecule has 0 saturated heterocycles. The molecule has 1 rings (SSSR count). The Balaban J connectivity index is 0.00000324. The summed E-state index contributed by atoms with van der Waals surface area (Å²) in [5.74, 6) is -0.0153. The number of nitrogens with zero attached hydrogens (tertiary/aromatic N) is 2. The molecule has 19 heavy (non-hydrogen) atoms. The Bertz CT molecular complexity index is 389. The van der Waals surface area contributed by atoms with Crippen molar-refractivity contribution in [1.29, 1.82) is 0 Å². The molecule has 0 aliphatic rings. The molecule has 5 heteroatoms. The van der Waals surface area contributed by atoms with Crippen LogP contribution in [0.2, 0.25) is 0 Å². The smallest absolute Gasteiger partial charge is 0.239 e. The summed E-state index contributed by atoms with van der Waals surface area (Å²) >= 11 is 0. The highest BCUT2D eigenvalue weighted by Gasteiger charge is 2.29. The van der Waals surface area contributed by atoms with Gasteiger partial charge in [-0.1, -0.05) is 26.8 Å². The van der Waals surface area contributed by atoms with Crippen molar-refractivity contribution in [3.05, 3.63) is 30.1 Å². The van der Waals surface area contributed by atoms with E-state index in [1.165, 1.54) is 0 Å². The fourth-order valence-electron chi connectivity index (χ4n) is 1.55. The molecular weight excluding hydrogens is 262 g/mol. The summed E-state index contributed by atoms with van der Waals surface area (Å²) in [7, 11) is 1.79. The fourth-order valence-corrected chi connectivity index (χ4v) is 1.55. The van der Waals surface area contributed by atoms with Crippen molar-refractivity contribution < 1.29 is 4.79 Å². The number of aromatic nitrogens is 1. The van der Waals surface area contributed by atoms with Gasteiger partial charge in [-0.05, 0) is 17.5 Å². The number of halogens is 1. The van der Waals surface area contributed by atoms with E-state index in [4.69, 9.17) is 5.73 Å². The van der Waals surface area contributed by atoms with Gasteiger partial charge in [-0.3, -0.25) is 9.78 Å². The standard InChI is InChI=1S/C14H23N3O.ClH/c1-14(2,3)12(15)13(18)17(4)10-8-11-7-5-6-9-16-11;/h5-7,9,12H,8,10,15H2,1-4H3;1H/t12-;/m1./s1. The van der Waals surface area contributed by atoms with E-state index in [-0.39, 0.29) is 23.7 Å². The molecule has 1 aromatic heterocycles. The Labute approximate surface area is 121 Å². The molecule has 0 radical (unpaired) electrons.